The zero-order valence-corrected chi connectivity index (χ0v) is 21.8. The summed E-state index contributed by atoms with van der Waals surface area (Å²) in [5.74, 6) is 0.654. The minimum absolute atomic E-state index is 0.107. The zero-order chi connectivity index (χ0) is 27.4. The molecule has 0 radical (unpaired) electrons. The number of hydrogen-bond acceptors (Lipinski definition) is 6. The van der Waals surface area contributed by atoms with Crippen molar-refractivity contribution in [3.8, 4) is 17.4 Å². The van der Waals surface area contributed by atoms with E-state index in [-0.39, 0.29) is 17.7 Å². The minimum atomic E-state index is -1.03. The molecular weight excluding hydrogens is 494 g/mol. The second-order valence-corrected chi connectivity index (χ2v) is 10.2. The summed E-state index contributed by atoms with van der Waals surface area (Å²) in [4.78, 5) is 18.4. The van der Waals surface area contributed by atoms with Crippen molar-refractivity contribution < 1.29 is 24.5 Å². The smallest absolute Gasteiger partial charge is 0.337 e. The zero-order valence-electron chi connectivity index (χ0n) is 21.8. The van der Waals surface area contributed by atoms with Gasteiger partial charge in [0, 0.05) is 40.6 Å². The van der Waals surface area contributed by atoms with Crippen LogP contribution in [0.2, 0.25) is 0 Å². The number of fused-ring (bicyclic) bond motifs is 3. The maximum absolute atomic E-state index is 11.0. The van der Waals surface area contributed by atoms with E-state index < -0.39 is 12.1 Å². The van der Waals surface area contributed by atoms with Crippen LogP contribution in [0.3, 0.4) is 0 Å². The first-order chi connectivity index (χ1) is 18.8. The van der Waals surface area contributed by atoms with Crippen molar-refractivity contribution in [2.75, 3.05) is 13.2 Å². The lowest BCUT2D eigenvalue weighted by atomic mass is 9.94. The molecular formula is C31H31N3O5. The second kappa shape index (κ2) is 11.1. The summed E-state index contributed by atoms with van der Waals surface area (Å²) in [5.41, 5.74) is 3.00. The highest BCUT2D eigenvalue weighted by atomic mass is 16.5. The van der Waals surface area contributed by atoms with E-state index in [1.165, 1.54) is 18.3 Å². The third-order valence-electron chi connectivity index (χ3n) is 6.51. The van der Waals surface area contributed by atoms with E-state index in [0.717, 1.165) is 39.5 Å². The topological polar surface area (TPSA) is 117 Å². The Hall–Kier alpha value is -4.40. The van der Waals surface area contributed by atoms with Crippen molar-refractivity contribution in [1.29, 1.82) is 0 Å². The predicted octanol–water partition coefficient (Wildman–Crippen LogP) is 5.56. The van der Waals surface area contributed by atoms with Crippen LogP contribution in [0, 0.1) is 0 Å². The molecule has 8 heteroatoms. The Morgan fingerprint density at radius 2 is 1.77 bits per heavy atom. The van der Waals surface area contributed by atoms with Gasteiger partial charge in [0.1, 0.15) is 24.2 Å². The molecule has 0 saturated heterocycles. The van der Waals surface area contributed by atoms with Gasteiger partial charge < -0.3 is 30.0 Å². The molecule has 2 aromatic heterocycles. The van der Waals surface area contributed by atoms with Gasteiger partial charge in [-0.05, 0) is 62.2 Å². The molecule has 3 aromatic carbocycles. The van der Waals surface area contributed by atoms with Gasteiger partial charge in [0.2, 0.25) is 5.88 Å². The van der Waals surface area contributed by atoms with E-state index in [0.29, 0.717) is 18.2 Å². The van der Waals surface area contributed by atoms with Crippen molar-refractivity contribution in [3.05, 3.63) is 96.2 Å². The fraction of sp³-hybridized carbons (Fsp3) is 0.226. The number of aromatic nitrogens is 2. The second-order valence-electron chi connectivity index (χ2n) is 10.2. The van der Waals surface area contributed by atoms with Gasteiger partial charge >= 0.3 is 5.97 Å². The van der Waals surface area contributed by atoms with E-state index >= 15 is 0 Å². The SMILES string of the molecule is CC(C)(Cc1ccc(Oc2ccc(C(=O)O)cn2)cc1)NCC(O)COc1cccc2[nH]c3ccccc3c12. The summed E-state index contributed by atoms with van der Waals surface area (Å²) in [6.07, 6.45) is 1.32. The van der Waals surface area contributed by atoms with Crippen molar-refractivity contribution in [2.24, 2.45) is 0 Å². The number of aromatic carboxylic acids is 1. The quantitative estimate of drug-likeness (QED) is 0.178. The number of rotatable bonds is 11. The standard InChI is InChI=1S/C31H31N3O5/c1-31(2,16-20-10-13-23(14-11-20)39-28-15-12-21(17-32-28)30(36)37)33-18-22(35)19-38-27-9-5-8-26-29(27)24-6-3-4-7-25(24)34-26/h3-15,17,22,33-35H,16,18-19H2,1-2H3,(H,36,37). The number of para-hydroxylation sites is 1. The monoisotopic (exact) mass is 525 g/mol. The number of hydrogen-bond donors (Lipinski definition) is 4. The van der Waals surface area contributed by atoms with Crippen molar-refractivity contribution in [2.45, 2.75) is 31.9 Å². The highest BCUT2D eigenvalue weighted by Crippen LogP contribution is 2.33. The van der Waals surface area contributed by atoms with E-state index in [9.17, 15) is 9.90 Å². The van der Waals surface area contributed by atoms with Crippen LogP contribution in [-0.4, -0.2) is 50.9 Å². The molecule has 0 aliphatic heterocycles. The van der Waals surface area contributed by atoms with Gasteiger partial charge in [-0.25, -0.2) is 9.78 Å². The van der Waals surface area contributed by atoms with Crippen molar-refractivity contribution in [3.63, 3.8) is 0 Å². The number of benzene rings is 3. The van der Waals surface area contributed by atoms with E-state index in [4.69, 9.17) is 14.6 Å². The molecule has 8 nitrogen and oxygen atoms in total. The van der Waals surface area contributed by atoms with Crippen LogP contribution in [0.5, 0.6) is 17.4 Å². The Morgan fingerprint density at radius 1 is 1.00 bits per heavy atom. The van der Waals surface area contributed by atoms with Crippen molar-refractivity contribution >= 4 is 27.8 Å². The van der Waals surface area contributed by atoms with Gasteiger partial charge in [0.05, 0.1) is 11.1 Å². The maximum atomic E-state index is 11.0. The number of β-amino-alcohol motifs (C(OH)–C–C–N with tert-alkyl or cyclic N) is 1. The first kappa shape index (κ1) is 26.2. The molecule has 0 aliphatic carbocycles. The van der Waals surface area contributed by atoms with Gasteiger partial charge in [0.25, 0.3) is 0 Å². The van der Waals surface area contributed by atoms with Gasteiger partial charge in [-0.1, -0.05) is 36.4 Å². The number of H-pyrrole nitrogens is 1. The molecule has 1 unspecified atom stereocenters. The Labute approximate surface area is 226 Å². The molecule has 39 heavy (non-hydrogen) atoms. The van der Waals surface area contributed by atoms with E-state index in [2.05, 4.69) is 35.2 Å². The summed E-state index contributed by atoms with van der Waals surface area (Å²) in [6.45, 7) is 4.74. The number of aliphatic hydroxyl groups is 1. The van der Waals surface area contributed by atoms with Crippen LogP contribution in [0.15, 0.2) is 85.1 Å². The first-order valence-electron chi connectivity index (χ1n) is 12.8. The fourth-order valence-corrected chi connectivity index (χ4v) is 4.56. The first-order valence-corrected chi connectivity index (χ1v) is 12.8. The molecule has 0 amide bonds. The Balaban J connectivity index is 1.13. The molecule has 5 aromatic rings. The fourth-order valence-electron chi connectivity index (χ4n) is 4.56. The van der Waals surface area contributed by atoms with Crippen LogP contribution in [0.25, 0.3) is 21.8 Å². The summed E-state index contributed by atoms with van der Waals surface area (Å²) in [7, 11) is 0. The highest BCUT2D eigenvalue weighted by Gasteiger charge is 2.20. The predicted molar refractivity (Wildman–Crippen MR) is 151 cm³/mol. The summed E-state index contributed by atoms with van der Waals surface area (Å²) in [6, 6.07) is 24.7. The molecule has 5 rings (SSSR count). The van der Waals surface area contributed by atoms with Crippen LogP contribution in [-0.2, 0) is 6.42 Å². The van der Waals surface area contributed by atoms with Gasteiger partial charge in [0.15, 0.2) is 0 Å². The number of aromatic amines is 1. The van der Waals surface area contributed by atoms with Crippen LogP contribution < -0.4 is 14.8 Å². The number of carbonyl (C=O) groups is 1. The molecule has 2 heterocycles. The number of carboxylic acids is 1. The number of ether oxygens (including phenoxy) is 2. The maximum Gasteiger partial charge on any atom is 0.337 e. The van der Waals surface area contributed by atoms with Crippen LogP contribution in [0.4, 0.5) is 0 Å². The Morgan fingerprint density at radius 3 is 2.51 bits per heavy atom. The number of pyridine rings is 1. The van der Waals surface area contributed by atoms with E-state index in [1.54, 1.807) is 0 Å². The molecule has 0 aliphatic rings. The Kier molecular flexibility index (Phi) is 7.49. The van der Waals surface area contributed by atoms with Crippen LogP contribution >= 0.6 is 0 Å². The van der Waals surface area contributed by atoms with Crippen LogP contribution in [0.1, 0.15) is 29.8 Å². The Bertz CT molecular complexity index is 1580. The highest BCUT2D eigenvalue weighted by molar-refractivity contribution is 6.10. The van der Waals surface area contributed by atoms with Crippen molar-refractivity contribution in [1.82, 2.24) is 15.3 Å². The molecule has 0 spiro atoms. The molecule has 4 N–H and O–H groups in total. The number of carboxylic acid groups (broad SMARTS) is 1. The number of nitrogens with zero attached hydrogens (tertiary/aromatic N) is 1. The normalized spacial score (nSPS) is 12.5. The number of nitrogens with one attached hydrogen (secondary N) is 2. The molecule has 1 atom stereocenters. The molecule has 0 saturated carbocycles. The van der Waals surface area contributed by atoms with Gasteiger partial charge in [-0.15, -0.1) is 0 Å². The summed E-state index contributed by atoms with van der Waals surface area (Å²) in [5, 5.41) is 25.2. The van der Waals surface area contributed by atoms with Gasteiger partial charge in [-0.3, -0.25) is 0 Å². The molecule has 200 valence electrons. The lowest BCUT2D eigenvalue weighted by molar-refractivity contribution is 0.0696. The molecule has 0 fully saturated rings. The third-order valence-corrected chi connectivity index (χ3v) is 6.51. The van der Waals surface area contributed by atoms with Gasteiger partial charge in [-0.2, -0.15) is 0 Å². The third kappa shape index (κ3) is 6.37. The minimum Gasteiger partial charge on any atom is -0.490 e. The van der Waals surface area contributed by atoms with E-state index in [1.807, 2.05) is 60.7 Å². The summed E-state index contributed by atoms with van der Waals surface area (Å²) < 4.78 is 11.8. The average molecular weight is 526 g/mol. The molecule has 0 bridgehead atoms. The largest absolute Gasteiger partial charge is 0.490 e. The lowest BCUT2D eigenvalue weighted by Crippen LogP contribution is -2.46. The average Bonchev–Trinajstić information content (AvgIpc) is 3.31. The summed E-state index contributed by atoms with van der Waals surface area (Å²) >= 11 is 0. The number of aliphatic hydroxyl groups excluding tert-OH is 1. The lowest BCUT2D eigenvalue weighted by Gasteiger charge is -2.28.